The third-order valence-electron chi connectivity index (χ3n) is 24.0. The Balaban J connectivity index is 0.000000122. The molecule has 25 aromatic rings. The first-order chi connectivity index (χ1) is 63.7. The average Bonchev–Trinajstić information content (AvgIpc) is 1.58. The maximum atomic E-state index is 5.12. The fraction of sp³-hybridized carbons (Fsp3) is 0.0265. The summed E-state index contributed by atoms with van der Waals surface area (Å²) in [5, 5.41) is 6.80. The molecule has 0 bridgehead atoms. The van der Waals surface area contributed by atoms with Crippen LogP contribution in [0.2, 0.25) is 0 Å². The van der Waals surface area contributed by atoms with Gasteiger partial charge < -0.3 is 37.4 Å². The Bertz CT molecular complexity index is 8610. The van der Waals surface area contributed by atoms with E-state index in [4.69, 9.17) is 24.9 Å². The van der Waals surface area contributed by atoms with Gasteiger partial charge in [0.05, 0.1) is 56.3 Å². The standard InChI is InChI=1S/C41H26N6.2C36H23N5.3Pt/c1-46-39-15-3-2-14-37(39)45-41(46)35-24-40-34(23-32(35)30-11-8-19-43-26-30)33-22-27(29-10-7-18-42-25-29)16-17-38(33)47(40)31-12-6-9-28(21-31)36-13-4-5-20-44-36;1-40-34-17-5-3-13-32(34)39-36(40)25-18-19-29-28-12-2-4-16-33(28)41(35(29)22-25)27-11-6-9-24(21-27)30-14-7-15-31(38-30)26-10-8-20-37-23-26;1-40-34-14-5-3-12-32(34)39-36(40)25-15-17-30-29-11-2-4-13-33(29)41(35(30)21-25)28-10-6-8-24(20-28)31-18-16-27(23-38-31)26-9-7-19-37-22-26;;;/h2-20,22-23,25-26H,1H3;2-20,23H,1H3;2-19,22-23H,1H3;;;/q3*-2;3*+2. The van der Waals surface area contributed by atoms with Gasteiger partial charge >= 0.3 is 63.2 Å². The SMILES string of the molecule is Cn1c(-c2[c-]c3c(cc2)c2ccccc2n3-c2[c-]c(-c3ccc(-c4cccnc4)cn3)ccc2)nc2ccccc21.Cn1c(-c2[c-]c3c(cc2)c2ccccc2n3-c2[c-]c(-c3cccc(-c4cccnc4)n3)ccc2)nc2ccccc21.Cn1c(-c2[c-]c3c(cc2-c2cccnc2)c2cc(-c4cccnc4)ccc2n3-c2[c-]c(-c3ccccn3)ccc2)nc2ccccc21.[Pt+2].[Pt+2].[Pt+2]. The molecule has 25 rings (SSSR count). The largest absolute Gasteiger partial charge is 2.00 e. The Morgan fingerprint density at radius 1 is 0.227 bits per heavy atom. The van der Waals surface area contributed by atoms with Crippen LogP contribution < -0.4 is 0 Å². The number of hydrogen-bond acceptors (Lipinski definition) is 10. The quantitative estimate of drug-likeness (QED) is 0.102. The molecule has 0 N–H and O–H groups in total. The first-order valence-electron chi connectivity index (χ1n) is 42.5. The summed E-state index contributed by atoms with van der Waals surface area (Å²) in [6, 6.07) is 132. The summed E-state index contributed by atoms with van der Waals surface area (Å²) in [5.74, 6) is 2.62. The minimum Gasteiger partial charge on any atom is -0.367 e. The van der Waals surface area contributed by atoms with Crippen LogP contribution in [0.15, 0.2) is 383 Å². The van der Waals surface area contributed by atoms with E-state index < -0.39 is 0 Å². The summed E-state index contributed by atoms with van der Waals surface area (Å²) in [7, 11) is 6.18. The van der Waals surface area contributed by atoms with E-state index >= 15 is 0 Å². The van der Waals surface area contributed by atoms with Crippen molar-refractivity contribution in [1.29, 1.82) is 0 Å². The van der Waals surface area contributed by atoms with Crippen molar-refractivity contribution in [3.63, 3.8) is 0 Å². The van der Waals surface area contributed by atoms with E-state index in [1.807, 2.05) is 165 Å². The van der Waals surface area contributed by atoms with Crippen molar-refractivity contribution in [1.82, 2.24) is 77.2 Å². The van der Waals surface area contributed by atoms with E-state index in [0.29, 0.717) is 0 Å². The second-order valence-electron chi connectivity index (χ2n) is 31.7. The van der Waals surface area contributed by atoms with E-state index in [1.54, 1.807) is 24.8 Å². The number of imidazole rings is 3. The van der Waals surface area contributed by atoms with Gasteiger partial charge in [-0.05, 0) is 186 Å². The molecule has 0 aliphatic heterocycles. The van der Waals surface area contributed by atoms with Crippen LogP contribution >= 0.6 is 0 Å². The second-order valence-corrected chi connectivity index (χ2v) is 31.7. The van der Waals surface area contributed by atoms with Gasteiger partial charge in [0.1, 0.15) is 0 Å². The van der Waals surface area contributed by atoms with Crippen LogP contribution in [-0.4, -0.2) is 77.2 Å². The molecule has 132 heavy (non-hydrogen) atoms. The zero-order valence-electron chi connectivity index (χ0n) is 71.0. The van der Waals surface area contributed by atoms with E-state index in [-0.39, 0.29) is 63.2 Å². The summed E-state index contributed by atoms with van der Waals surface area (Å²) in [5.41, 5.74) is 31.4. The minimum absolute atomic E-state index is 0. The van der Waals surface area contributed by atoms with Gasteiger partial charge in [0.15, 0.2) is 0 Å². The number of hydrogen-bond donors (Lipinski definition) is 0. The van der Waals surface area contributed by atoms with Crippen molar-refractivity contribution in [3.8, 4) is 130 Å². The molecule has 0 saturated heterocycles. The number of aromatic nitrogens is 16. The molecular formula is C113H72N16Pt3. The fourth-order valence-corrected chi connectivity index (χ4v) is 17.8. The summed E-state index contributed by atoms with van der Waals surface area (Å²) in [6.45, 7) is 0. The number of benzene rings is 12. The Morgan fingerprint density at radius 3 is 1.13 bits per heavy atom. The molecule has 12 aromatic carbocycles. The molecule has 13 aromatic heterocycles. The maximum Gasteiger partial charge on any atom is 2.00 e. The number of nitrogens with zero attached hydrogens (tertiary/aromatic N) is 16. The summed E-state index contributed by atoms with van der Waals surface area (Å²) in [6.07, 6.45) is 18.4. The van der Waals surface area contributed by atoms with Gasteiger partial charge in [-0.1, -0.05) is 167 Å². The van der Waals surface area contributed by atoms with Crippen molar-refractivity contribution in [2.24, 2.45) is 21.1 Å². The van der Waals surface area contributed by atoms with Crippen LogP contribution in [0.5, 0.6) is 0 Å². The van der Waals surface area contributed by atoms with Crippen molar-refractivity contribution in [2.45, 2.75) is 0 Å². The molecule has 0 radical (unpaired) electrons. The molecule has 634 valence electrons. The van der Waals surface area contributed by atoms with Gasteiger partial charge in [-0.2, -0.15) is 0 Å². The number of aryl methyl sites for hydroxylation is 3. The molecule has 0 saturated carbocycles. The molecular weight excluding hydrogens is 2170 g/mol. The first kappa shape index (κ1) is 84.7. The molecule has 0 fully saturated rings. The Kier molecular flexibility index (Phi) is 23.3. The van der Waals surface area contributed by atoms with Gasteiger partial charge in [-0.3, -0.25) is 39.9 Å². The molecule has 13 heterocycles. The van der Waals surface area contributed by atoms with Crippen molar-refractivity contribution >= 4 is 98.5 Å². The smallest absolute Gasteiger partial charge is 0.367 e. The zero-order valence-corrected chi connectivity index (χ0v) is 77.8. The van der Waals surface area contributed by atoms with Gasteiger partial charge in [-0.15, -0.1) is 149 Å². The van der Waals surface area contributed by atoms with E-state index in [9.17, 15) is 0 Å². The Hall–Kier alpha value is -15.4. The van der Waals surface area contributed by atoms with Crippen LogP contribution in [0.1, 0.15) is 0 Å². The van der Waals surface area contributed by atoms with Gasteiger partial charge in [0.2, 0.25) is 0 Å². The summed E-state index contributed by atoms with van der Waals surface area (Å²) < 4.78 is 13.1. The van der Waals surface area contributed by atoms with Crippen LogP contribution in [-0.2, 0) is 84.3 Å². The molecule has 0 aliphatic carbocycles. The van der Waals surface area contributed by atoms with E-state index in [1.165, 1.54) is 10.8 Å². The first-order valence-corrected chi connectivity index (χ1v) is 42.5. The number of fused-ring (bicyclic) bond motifs is 12. The predicted octanol–water partition coefficient (Wildman–Crippen LogP) is 25.2. The number of para-hydroxylation sites is 8. The van der Waals surface area contributed by atoms with Gasteiger partial charge in [0, 0.05) is 111 Å². The summed E-state index contributed by atoms with van der Waals surface area (Å²) >= 11 is 0. The Labute approximate surface area is 802 Å². The van der Waals surface area contributed by atoms with Crippen LogP contribution in [0, 0.1) is 36.4 Å². The second kappa shape index (κ2) is 36.2. The fourth-order valence-electron chi connectivity index (χ4n) is 17.8. The normalized spacial score (nSPS) is 11.3. The topological polar surface area (TPSA) is 158 Å². The van der Waals surface area contributed by atoms with Crippen LogP contribution in [0.3, 0.4) is 0 Å². The third kappa shape index (κ3) is 15.5. The third-order valence-corrected chi connectivity index (χ3v) is 24.0. The average molecular weight is 2240 g/mol. The molecule has 0 unspecified atom stereocenters. The molecule has 0 atom stereocenters. The van der Waals surface area contributed by atoms with Crippen molar-refractivity contribution < 1.29 is 63.2 Å². The number of pyridine rings is 7. The van der Waals surface area contributed by atoms with E-state index in [2.05, 4.69) is 304 Å². The van der Waals surface area contributed by atoms with Crippen molar-refractivity contribution in [2.75, 3.05) is 0 Å². The monoisotopic (exact) mass is 2240 g/mol. The van der Waals surface area contributed by atoms with Crippen LogP contribution in [0.25, 0.3) is 228 Å². The van der Waals surface area contributed by atoms with Gasteiger partial charge in [0.25, 0.3) is 0 Å². The van der Waals surface area contributed by atoms with E-state index in [0.717, 1.165) is 217 Å². The van der Waals surface area contributed by atoms with Crippen LogP contribution in [0.4, 0.5) is 0 Å². The maximum absolute atomic E-state index is 5.12. The van der Waals surface area contributed by atoms with Gasteiger partial charge in [-0.25, -0.2) is 0 Å². The molecule has 16 nitrogen and oxygen atoms in total. The van der Waals surface area contributed by atoms with Crippen molar-refractivity contribution in [3.05, 3.63) is 420 Å². The Morgan fingerprint density at radius 2 is 0.636 bits per heavy atom. The minimum atomic E-state index is 0. The number of rotatable bonds is 13. The molecule has 0 spiro atoms. The molecule has 19 heteroatoms. The molecule has 0 aliphatic rings. The zero-order chi connectivity index (χ0) is 86.0. The summed E-state index contributed by atoms with van der Waals surface area (Å²) in [4.78, 5) is 46.6. The molecule has 0 amide bonds. The predicted molar refractivity (Wildman–Crippen MR) is 517 cm³/mol.